The van der Waals surface area contributed by atoms with Crippen molar-refractivity contribution < 1.29 is 68.3 Å². The molecule has 0 aromatic carbocycles. The van der Waals surface area contributed by atoms with Gasteiger partial charge in [-0.1, -0.05) is 89.1 Å². The summed E-state index contributed by atoms with van der Waals surface area (Å²) in [6.45, 7) is 18.2. The van der Waals surface area contributed by atoms with Gasteiger partial charge in [-0.25, -0.2) is 9.59 Å². The van der Waals surface area contributed by atoms with Crippen LogP contribution in [0.4, 0.5) is 4.79 Å². The number of aliphatic hydroxyl groups excluding tert-OH is 4. The van der Waals surface area contributed by atoms with E-state index in [0.717, 1.165) is 5.57 Å². The average Bonchev–Trinajstić information content (AvgIpc) is 3.19. The number of aliphatic hydroxyl groups is 5. The van der Waals surface area contributed by atoms with Crippen molar-refractivity contribution in [2.45, 2.75) is 168 Å². The lowest BCUT2D eigenvalue weighted by Crippen LogP contribution is -2.59. The zero-order chi connectivity index (χ0) is 45.9. The molecule has 2 saturated heterocycles. The fourth-order valence-corrected chi connectivity index (χ4v) is 8.94. The molecule has 0 bridgehead atoms. The molecule has 0 aromatic heterocycles. The van der Waals surface area contributed by atoms with Gasteiger partial charge in [-0.3, -0.25) is 0 Å². The minimum absolute atomic E-state index is 0.0313. The number of carbonyl (C=O) groups is 2. The molecule has 0 aliphatic carbocycles. The van der Waals surface area contributed by atoms with E-state index in [4.69, 9.17) is 38.9 Å². The van der Waals surface area contributed by atoms with Gasteiger partial charge >= 0.3 is 12.1 Å². The number of ether oxygens (including phenoxy) is 7. The van der Waals surface area contributed by atoms with Crippen molar-refractivity contribution in [2.75, 3.05) is 14.2 Å². The molecule has 3 aliphatic heterocycles. The van der Waals surface area contributed by atoms with Gasteiger partial charge in [0.1, 0.15) is 12.2 Å². The Morgan fingerprint density at radius 2 is 1.77 bits per heavy atom. The highest BCUT2D eigenvalue weighted by Gasteiger charge is 2.52. The number of primary amides is 1. The van der Waals surface area contributed by atoms with Crippen molar-refractivity contribution in [1.82, 2.24) is 0 Å². The lowest BCUT2D eigenvalue weighted by atomic mass is 9.77. The van der Waals surface area contributed by atoms with E-state index in [1.165, 1.54) is 20.3 Å². The second kappa shape index (κ2) is 23.5. The molecule has 1 amide bonds. The quantitative estimate of drug-likeness (QED) is 0.119. The minimum Gasteiger partial charge on any atom is -0.490 e. The summed E-state index contributed by atoms with van der Waals surface area (Å²) in [5, 5.41) is 58.0. The van der Waals surface area contributed by atoms with Crippen molar-refractivity contribution in [3.63, 3.8) is 0 Å². The maximum atomic E-state index is 13.9. The first-order valence-corrected chi connectivity index (χ1v) is 21.7. The highest BCUT2D eigenvalue weighted by molar-refractivity contribution is 5.87. The molecule has 0 saturated carbocycles. The number of hydrogen-bond donors (Lipinski definition) is 6. The minimum atomic E-state index is -1.97. The zero-order valence-corrected chi connectivity index (χ0v) is 38.2. The highest BCUT2D eigenvalue weighted by atomic mass is 16.7. The van der Waals surface area contributed by atoms with Gasteiger partial charge in [0, 0.05) is 49.5 Å². The second-order valence-corrected chi connectivity index (χ2v) is 17.5. The number of allylic oxidation sites excluding steroid dienone is 6. The van der Waals surface area contributed by atoms with Crippen molar-refractivity contribution in [2.24, 2.45) is 41.2 Å². The van der Waals surface area contributed by atoms with E-state index in [9.17, 15) is 35.1 Å². The number of amides is 1. The van der Waals surface area contributed by atoms with Crippen LogP contribution in [0, 0.1) is 35.5 Å². The van der Waals surface area contributed by atoms with Crippen molar-refractivity contribution >= 4 is 12.1 Å². The molecule has 0 unspecified atom stereocenters. The Kier molecular flexibility index (Phi) is 20.1. The molecule has 15 nitrogen and oxygen atoms in total. The van der Waals surface area contributed by atoms with Crippen LogP contribution in [0.15, 0.2) is 59.4 Å². The normalized spacial score (nSPS) is 42.2. The SMILES string of the molecule is C/C=C/[C@H]1O[C@@](O)([C@@H](C)[C@H](O)[C@H](C)[C@H]2OC(=O)/C(OC)=C/C(C)=C/[C@@H](C)[C@@H](O)[C@@H](CC)[C@@H](O)[C@H](C)C/C(C)=C/C=C/[C@@H]2OC)C[C@@H](O[C@H]2C[C@@H](O)[C@H](OC(N)=O)[C@@H](C)O2)[C@@H]1C. The Bertz CT molecular complexity index is 1570. The maximum absolute atomic E-state index is 13.9. The number of rotatable bonds is 11. The fraction of sp³-hybridized carbons (Fsp3) is 0.739. The predicted molar refractivity (Wildman–Crippen MR) is 228 cm³/mol. The first-order valence-electron chi connectivity index (χ1n) is 21.7. The van der Waals surface area contributed by atoms with Gasteiger partial charge < -0.3 is 64.4 Å². The molecule has 0 radical (unpaired) electrons. The molecule has 348 valence electrons. The van der Waals surface area contributed by atoms with Crippen LogP contribution in [0.2, 0.25) is 0 Å². The lowest BCUT2D eigenvalue weighted by molar-refractivity contribution is -0.338. The third-order valence-corrected chi connectivity index (χ3v) is 12.8. The van der Waals surface area contributed by atoms with Crippen LogP contribution in [-0.2, 0) is 38.0 Å². The standard InChI is InChI=1S/C46H75NO14/c1-13-16-34-28(7)37(58-38-22-33(48)43(31(10)57-38)60-45(47)53)23-46(54,61-34)30(9)41(51)29(8)42-35(55-11)18-15-17-24(3)19-26(5)39(49)32(14-2)40(50)27(6)20-25(4)21-36(56-12)44(52)59-42/h13,15-18,20-21,26-35,37-43,48-51,54H,14,19,22-23H2,1-12H3,(H2,47,53)/b16-13+,18-15+,24-17+,25-20+,36-21-/t26-,27-,28-,29+,30+,31-,32+,33-,34-,35+,37-,38+,39+,40-,41-,42-,43-,46-/m1/s1. The Morgan fingerprint density at radius 3 is 2.34 bits per heavy atom. The Labute approximate surface area is 362 Å². The second-order valence-electron chi connectivity index (χ2n) is 17.5. The van der Waals surface area contributed by atoms with Crippen LogP contribution in [0.25, 0.3) is 0 Å². The van der Waals surface area contributed by atoms with E-state index in [2.05, 4.69) is 0 Å². The van der Waals surface area contributed by atoms with E-state index in [0.29, 0.717) is 18.4 Å². The third-order valence-electron chi connectivity index (χ3n) is 12.8. The van der Waals surface area contributed by atoms with Crippen LogP contribution in [-0.4, -0.2) is 125 Å². The summed E-state index contributed by atoms with van der Waals surface area (Å²) in [6.07, 6.45) is 2.20. The smallest absolute Gasteiger partial charge is 0.404 e. The molecule has 61 heavy (non-hydrogen) atoms. The van der Waals surface area contributed by atoms with Gasteiger partial charge in [0.25, 0.3) is 0 Å². The summed E-state index contributed by atoms with van der Waals surface area (Å²) in [5.41, 5.74) is 6.78. The summed E-state index contributed by atoms with van der Waals surface area (Å²) in [4.78, 5) is 25.4. The van der Waals surface area contributed by atoms with Crippen LogP contribution in [0.5, 0.6) is 0 Å². The van der Waals surface area contributed by atoms with Gasteiger partial charge in [-0.2, -0.15) is 0 Å². The van der Waals surface area contributed by atoms with Crippen LogP contribution < -0.4 is 5.73 Å². The van der Waals surface area contributed by atoms with Gasteiger partial charge in [0.2, 0.25) is 5.76 Å². The summed E-state index contributed by atoms with van der Waals surface area (Å²) in [7, 11) is 2.81. The first kappa shape index (κ1) is 52.2. The summed E-state index contributed by atoms with van der Waals surface area (Å²) in [5.74, 6) is -6.00. The molecule has 0 spiro atoms. The molecule has 18 atom stereocenters. The largest absolute Gasteiger partial charge is 0.490 e. The molecule has 15 heteroatoms. The summed E-state index contributed by atoms with van der Waals surface area (Å²) >= 11 is 0. The van der Waals surface area contributed by atoms with Gasteiger partial charge in [0.05, 0.1) is 49.8 Å². The van der Waals surface area contributed by atoms with E-state index in [1.807, 2.05) is 53.7 Å². The molecule has 0 aromatic rings. The van der Waals surface area contributed by atoms with Crippen LogP contribution in [0.1, 0.15) is 94.9 Å². The average molecular weight is 866 g/mol. The molecule has 3 heterocycles. The molecule has 7 N–H and O–H groups in total. The van der Waals surface area contributed by atoms with Gasteiger partial charge in [-0.05, 0) is 52.5 Å². The topological polar surface area (TPSA) is 226 Å². The van der Waals surface area contributed by atoms with Crippen LogP contribution in [0.3, 0.4) is 0 Å². The molecule has 3 aliphatic rings. The fourth-order valence-electron chi connectivity index (χ4n) is 8.94. The number of hydrogen-bond acceptors (Lipinski definition) is 14. The molecule has 3 rings (SSSR count). The van der Waals surface area contributed by atoms with Gasteiger partial charge in [-0.15, -0.1) is 0 Å². The monoisotopic (exact) mass is 866 g/mol. The number of cyclic esters (lactones) is 1. The Balaban J connectivity index is 2.00. The van der Waals surface area contributed by atoms with E-state index in [1.54, 1.807) is 52.0 Å². The number of carbonyl (C=O) groups excluding carboxylic acids is 2. The van der Waals surface area contributed by atoms with Gasteiger partial charge in [0.15, 0.2) is 18.2 Å². The third kappa shape index (κ3) is 13.7. The Hall–Kier alpha value is -3.12. The summed E-state index contributed by atoms with van der Waals surface area (Å²) < 4.78 is 41.4. The van der Waals surface area contributed by atoms with Crippen LogP contribution >= 0.6 is 0 Å². The van der Waals surface area contributed by atoms with Crippen molar-refractivity contribution in [3.8, 4) is 0 Å². The first-order chi connectivity index (χ1) is 28.6. The van der Waals surface area contributed by atoms with E-state index in [-0.39, 0.29) is 42.3 Å². The maximum Gasteiger partial charge on any atom is 0.404 e. The predicted octanol–water partition coefficient (Wildman–Crippen LogP) is 4.98. The zero-order valence-electron chi connectivity index (χ0n) is 38.2. The summed E-state index contributed by atoms with van der Waals surface area (Å²) in [6, 6.07) is 0. The molecular formula is C46H75NO14. The van der Waals surface area contributed by atoms with E-state index < -0.39 is 97.0 Å². The van der Waals surface area contributed by atoms with Crippen molar-refractivity contribution in [1.29, 1.82) is 0 Å². The number of esters is 1. The number of nitrogens with two attached hydrogens (primary N) is 1. The number of methoxy groups -OCH3 is 2. The molecular weight excluding hydrogens is 790 g/mol. The van der Waals surface area contributed by atoms with E-state index >= 15 is 0 Å². The Morgan fingerprint density at radius 1 is 1.10 bits per heavy atom. The molecule has 2 fully saturated rings. The highest BCUT2D eigenvalue weighted by Crippen LogP contribution is 2.42. The lowest BCUT2D eigenvalue weighted by Gasteiger charge is -2.49. The van der Waals surface area contributed by atoms with Crippen molar-refractivity contribution in [3.05, 3.63) is 59.4 Å².